The van der Waals surface area contributed by atoms with Crippen LogP contribution in [0.5, 0.6) is 0 Å². The van der Waals surface area contributed by atoms with E-state index in [1.54, 1.807) is 0 Å². The van der Waals surface area contributed by atoms with Gasteiger partial charge in [-0.25, -0.2) is 0 Å². The fraction of sp³-hybridized carbons (Fsp3) is 0.741. The van der Waals surface area contributed by atoms with E-state index in [4.69, 9.17) is 4.74 Å². The van der Waals surface area contributed by atoms with Crippen molar-refractivity contribution in [3.63, 3.8) is 0 Å². The number of aliphatic hydroxyl groups is 1. The van der Waals surface area contributed by atoms with E-state index in [0.29, 0.717) is 6.47 Å². The molecule has 0 radical (unpaired) electrons. The predicted molar refractivity (Wildman–Crippen MR) is 129 cm³/mol. The molecule has 2 saturated heterocycles. The number of rotatable bonds is 6. The van der Waals surface area contributed by atoms with Crippen LogP contribution in [0.4, 0.5) is 0 Å². The minimum Gasteiger partial charge on any atom is -0.464 e. The maximum atomic E-state index is 10.9. The summed E-state index contributed by atoms with van der Waals surface area (Å²) in [5.41, 5.74) is 2.41. The molecule has 0 aromatic heterocycles. The monoisotopic (exact) mass is 444 g/mol. The quantitative estimate of drug-likeness (QED) is 0.633. The van der Waals surface area contributed by atoms with Crippen molar-refractivity contribution in [1.82, 2.24) is 9.80 Å². The second-order valence-corrected chi connectivity index (χ2v) is 12.6. The molecule has 1 aromatic carbocycles. The molecular formula is C27H44N2O3. The highest BCUT2D eigenvalue weighted by molar-refractivity contribution is 5.37. The van der Waals surface area contributed by atoms with Gasteiger partial charge in [0.05, 0.1) is 6.10 Å². The minimum absolute atomic E-state index is 0.0223. The molecule has 0 atom stereocenters. The van der Waals surface area contributed by atoms with E-state index in [1.165, 1.54) is 11.1 Å². The van der Waals surface area contributed by atoms with Crippen molar-refractivity contribution in [2.75, 3.05) is 0 Å². The molecule has 5 heteroatoms. The molecule has 180 valence electrons. The van der Waals surface area contributed by atoms with Crippen molar-refractivity contribution in [3.8, 4) is 0 Å². The Labute approximate surface area is 195 Å². The van der Waals surface area contributed by atoms with Gasteiger partial charge in [0.15, 0.2) is 0 Å². The maximum absolute atomic E-state index is 10.9. The highest BCUT2D eigenvalue weighted by Crippen LogP contribution is 2.41. The van der Waals surface area contributed by atoms with Gasteiger partial charge in [-0.05, 0) is 79.4 Å². The first-order chi connectivity index (χ1) is 14.7. The molecule has 2 aliphatic heterocycles. The number of carbonyl (C=O) groups is 1. The molecule has 2 aliphatic rings. The van der Waals surface area contributed by atoms with Gasteiger partial charge in [-0.3, -0.25) is 14.6 Å². The zero-order chi connectivity index (χ0) is 23.9. The molecule has 0 amide bonds. The zero-order valence-corrected chi connectivity index (χ0v) is 21.4. The summed E-state index contributed by atoms with van der Waals surface area (Å²) in [5, 5.41) is 10.3. The molecule has 1 aromatic rings. The molecular weight excluding hydrogens is 400 g/mol. The topological polar surface area (TPSA) is 53.0 Å². The Kier molecular flexibility index (Phi) is 6.88. The Bertz CT molecular complexity index is 762. The molecule has 0 aliphatic carbocycles. The van der Waals surface area contributed by atoms with Crippen molar-refractivity contribution in [1.29, 1.82) is 0 Å². The van der Waals surface area contributed by atoms with Gasteiger partial charge in [-0.1, -0.05) is 24.3 Å². The van der Waals surface area contributed by atoms with Crippen molar-refractivity contribution in [2.24, 2.45) is 0 Å². The fourth-order valence-electron chi connectivity index (χ4n) is 6.64. The Balaban J connectivity index is 1.73. The van der Waals surface area contributed by atoms with Gasteiger partial charge in [0.25, 0.3) is 6.47 Å². The van der Waals surface area contributed by atoms with Crippen LogP contribution >= 0.6 is 0 Å². The van der Waals surface area contributed by atoms with E-state index in [-0.39, 0.29) is 34.4 Å². The number of likely N-dealkylation sites (tertiary alicyclic amines) is 2. The number of carbonyl (C=O) groups excluding carboxylic acids is 1. The third-order valence-electron chi connectivity index (χ3n) is 7.80. The largest absolute Gasteiger partial charge is 0.464 e. The van der Waals surface area contributed by atoms with Gasteiger partial charge in [-0.2, -0.15) is 0 Å². The minimum atomic E-state index is -0.230. The first kappa shape index (κ1) is 25.2. The molecule has 0 unspecified atom stereocenters. The Hall–Kier alpha value is -1.43. The smallest absolute Gasteiger partial charge is 0.293 e. The number of benzene rings is 1. The third kappa shape index (κ3) is 5.37. The summed E-state index contributed by atoms with van der Waals surface area (Å²) in [7, 11) is 0. The van der Waals surface area contributed by atoms with Gasteiger partial charge in [0.2, 0.25) is 0 Å². The number of nitrogens with zero attached hydrogens (tertiary/aromatic N) is 2. The Morgan fingerprint density at radius 3 is 1.47 bits per heavy atom. The third-order valence-corrected chi connectivity index (χ3v) is 7.80. The van der Waals surface area contributed by atoms with Crippen LogP contribution in [0.3, 0.4) is 0 Å². The predicted octanol–water partition coefficient (Wildman–Crippen LogP) is 4.90. The van der Waals surface area contributed by atoms with Crippen LogP contribution in [0, 0.1) is 0 Å². The summed E-state index contributed by atoms with van der Waals surface area (Å²) in [5.74, 6) is 0. The van der Waals surface area contributed by atoms with Crippen molar-refractivity contribution >= 4 is 6.47 Å². The van der Waals surface area contributed by atoms with Gasteiger partial charge in [0, 0.05) is 48.1 Å². The van der Waals surface area contributed by atoms with Crippen LogP contribution < -0.4 is 0 Å². The molecule has 0 spiro atoms. The van der Waals surface area contributed by atoms with Gasteiger partial charge in [-0.15, -0.1) is 0 Å². The molecule has 2 fully saturated rings. The second-order valence-electron chi connectivity index (χ2n) is 12.6. The van der Waals surface area contributed by atoms with Crippen LogP contribution in [-0.2, 0) is 22.6 Å². The summed E-state index contributed by atoms with van der Waals surface area (Å²) in [6.45, 7) is 20.3. The lowest BCUT2D eigenvalue weighted by Gasteiger charge is -2.55. The molecule has 1 N–H and O–H groups in total. The molecule has 0 bridgehead atoms. The van der Waals surface area contributed by atoms with E-state index < -0.39 is 0 Å². The number of piperidine rings is 2. The van der Waals surface area contributed by atoms with Crippen molar-refractivity contribution in [2.45, 2.75) is 129 Å². The standard InChI is InChI=1S/C27H44N2O3/c1-24(2)13-22(31)14-25(3,4)28(24)17-20-9-11-21(12-10-20)18-29-26(5,6)15-23(32-19-30)16-27(29,7)8/h9-12,19,22-23,31H,13-18H2,1-8H3. The highest BCUT2D eigenvalue weighted by atomic mass is 16.5. The Morgan fingerprint density at radius 1 is 0.781 bits per heavy atom. The molecule has 3 rings (SSSR count). The second kappa shape index (κ2) is 8.73. The average Bonchev–Trinajstić information content (AvgIpc) is 2.61. The van der Waals surface area contributed by atoms with Crippen LogP contribution in [0.25, 0.3) is 0 Å². The molecule has 0 saturated carbocycles. The molecule has 5 nitrogen and oxygen atoms in total. The highest BCUT2D eigenvalue weighted by Gasteiger charge is 2.46. The van der Waals surface area contributed by atoms with Gasteiger partial charge < -0.3 is 9.84 Å². The lowest BCUT2D eigenvalue weighted by molar-refractivity contribution is -0.146. The van der Waals surface area contributed by atoms with E-state index in [1.807, 2.05) is 0 Å². The van der Waals surface area contributed by atoms with Crippen LogP contribution in [0.15, 0.2) is 24.3 Å². The van der Waals surface area contributed by atoms with Gasteiger partial charge >= 0.3 is 0 Å². The van der Waals surface area contributed by atoms with E-state index in [9.17, 15) is 9.90 Å². The number of hydrogen-bond acceptors (Lipinski definition) is 5. The molecule has 32 heavy (non-hydrogen) atoms. The lowest BCUT2D eigenvalue weighted by Crippen LogP contribution is -2.61. The van der Waals surface area contributed by atoms with E-state index >= 15 is 0 Å². The van der Waals surface area contributed by atoms with Crippen LogP contribution in [0.1, 0.15) is 92.2 Å². The number of aliphatic hydroxyl groups excluding tert-OH is 1. The zero-order valence-electron chi connectivity index (χ0n) is 21.4. The van der Waals surface area contributed by atoms with Crippen LogP contribution in [-0.4, -0.2) is 55.7 Å². The van der Waals surface area contributed by atoms with Crippen molar-refractivity contribution in [3.05, 3.63) is 35.4 Å². The Morgan fingerprint density at radius 2 is 1.12 bits per heavy atom. The van der Waals surface area contributed by atoms with Crippen LogP contribution in [0.2, 0.25) is 0 Å². The summed E-state index contributed by atoms with van der Waals surface area (Å²) >= 11 is 0. The normalized spacial score (nSPS) is 26.0. The molecule has 2 heterocycles. The first-order valence-corrected chi connectivity index (χ1v) is 12.1. The van der Waals surface area contributed by atoms with Crippen molar-refractivity contribution < 1.29 is 14.6 Å². The number of ether oxygens (including phenoxy) is 1. The SMILES string of the molecule is CC1(C)CC(O)CC(C)(C)N1Cc1ccc(CN2C(C)(C)CC(OC=O)CC2(C)C)cc1. The lowest BCUT2D eigenvalue weighted by atomic mass is 9.77. The number of hydrogen-bond donors (Lipinski definition) is 1. The van der Waals surface area contributed by atoms with Gasteiger partial charge in [0.1, 0.15) is 6.10 Å². The summed E-state index contributed by atoms with van der Waals surface area (Å²) in [6, 6.07) is 9.03. The van der Waals surface area contributed by atoms with E-state index in [0.717, 1.165) is 38.8 Å². The first-order valence-electron chi connectivity index (χ1n) is 12.1. The summed E-state index contributed by atoms with van der Waals surface area (Å²) in [4.78, 5) is 16.0. The fourth-order valence-corrected chi connectivity index (χ4v) is 6.64. The summed E-state index contributed by atoms with van der Waals surface area (Å²) in [6.07, 6.45) is 3.05. The van der Waals surface area contributed by atoms with E-state index in [2.05, 4.69) is 89.5 Å². The maximum Gasteiger partial charge on any atom is 0.293 e. The average molecular weight is 445 g/mol. The summed E-state index contributed by atoms with van der Waals surface area (Å²) < 4.78 is 5.35.